The summed E-state index contributed by atoms with van der Waals surface area (Å²) in [5.74, 6) is 0. The molecular weight excluding hydrogens is 174 g/mol. The van der Waals surface area contributed by atoms with E-state index in [1.54, 1.807) is 0 Å². The number of hydrogen-bond acceptors (Lipinski definition) is 3. The molecule has 11 heavy (non-hydrogen) atoms. The molecule has 60 valence electrons. The van der Waals surface area contributed by atoms with Gasteiger partial charge in [0.25, 0.3) is 0 Å². The van der Waals surface area contributed by atoms with Crippen LogP contribution in [0.3, 0.4) is 0 Å². The molecule has 1 nitrogen and oxygen atoms in total. The number of hydrogen-bond donors (Lipinski definition) is 1. The van der Waals surface area contributed by atoms with Gasteiger partial charge in [-0.15, -0.1) is 23.1 Å². The summed E-state index contributed by atoms with van der Waals surface area (Å²) in [5, 5.41) is 2.92. The van der Waals surface area contributed by atoms with Crippen LogP contribution in [0.1, 0.15) is 12.8 Å². The average molecular weight is 185 g/mol. The Bertz CT molecular complexity index is 214. The van der Waals surface area contributed by atoms with E-state index in [2.05, 4.69) is 17.5 Å². The Morgan fingerprint density at radius 3 is 2.91 bits per heavy atom. The quantitative estimate of drug-likeness (QED) is 0.765. The van der Waals surface area contributed by atoms with Gasteiger partial charge in [-0.2, -0.15) is 0 Å². The van der Waals surface area contributed by atoms with Gasteiger partial charge in [-0.05, 0) is 24.3 Å². The highest BCUT2D eigenvalue weighted by atomic mass is 32.2. The molecule has 0 amide bonds. The van der Waals surface area contributed by atoms with Crippen molar-refractivity contribution in [2.24, 2.45) is 5.73 Å². The van der Waals surface area contributed by atoms with Gasteiger partial charge in [0.15, 0.2) is 0 Å². The topological polar surface area (TPSA) is 26.0 Å². The first-order valence-corrected chi connectivity index (χ1v) is 5.56. The zero-order chi connectivity index (χ0) is 7.68. The maximum Gasteiger partial charge on any atom is 0.0601 e. The predicted octanol–water partition coefficient (Wildman–Crippen LogP) is 2.33. The van der Waals surface area contributed by atoms with Gasteiger partial charge in [-0.3, -0.25) is 0 Å². The lowest BCUT2D eigenvalue weighted by molar-refractivity contribution is 0.433. The SMILES string of the molecule is NC1CC(Sc2cccs2)C1. The normalized spacial score (nSPS) is 29.9. The molecule has 0 aliphatic heterocycles. The summed E-state index contributed by atoms with van der Waals surface area (Å²) in [7, 11) is 0. The maximum atomic E-state index is 5.69. The Balaban J connectivity index is 1.84. The molecule has 2 rings (SSSR count). The Morgan fingerprint density at radius 2 is 2.36 bits per heavy atom. The van der Waals surface area contributed by atoms with Crippen molar-refractivity contribution in [2.45, 2.75) is 28.3 Å². The minimum atomic E-state index is 0.479. The fourth-order valence-electron chi connectivity index (χ4n) is 1.20. The predicted molar refractivity (Wildman–Crippen MR) is 51.2 cm³/mol. The largest absolute Gasteiger partial charge is 0.328 e. The summed E-state index contributed by atoms with van der Waals surface area (Å²) in [5.41, 5.74) is 5.69. The molecule has 0 atom stereocenters. The molecule has 2 N–H and O–H groups in total. The van der Waals surface area contributed by atoms with Crippen LogP contribution < -0.4 is 5.73 Å². The molecule has 1 heterocycles. The summed E-state index contributed by atoms with van der Waals surface area (Å²) in [6, 6.07) is 4.76. The van der Waals surface area contributed by atoms with Crippen molar-refractivity contribution in [3.8, 4) is 0 Å². The average Bonchev–Trinajstić information content (AvgIpc) is 2.36. The van der Waals surface area contributed by atoms with Crippen LogP contribution in [-0.4, -0.2) is 11.3 Å². The van der Waals surface area contributed by atoms with Crippen molar-refractivity contribution in [2.75, 3.05) is 0 Å². The second kappa shape index (κ2) is 3.17. The molecule has 1 aromatic rings. The van der Waals surface area contributed by atoms with Gasteiger partial charge in [0.05, 0.1) is 4.21 Å². The molecule has 1 fully saturated rings. The number of thiophene rings is 1. The third kappa shape index (κ3) is 1.78. The summed E-state index contributed by atoms with van der Waals surface area (Å²) in [6.07, 6.45) is 2.39. The molecule has 1 aliphatic carbocycles. The van der Waals surface area contributed by atoms with E-state index in [9.17, 15) is 0 Å². The highest BCUT2D eigenvalue weighted by molar-refractivity contribution is 8.01. The Hall–Kier alpha value is 0.01000. The van der Waals surface area contributed by atoms with Crippen LogP contribution in [0.5, 0.6) is 0 Å². The van der Waals surface area contributed by atoms with Crippen LogP contribution in [0.15, 0.2) is 21.7 Å². The first-order valence-electron chi connectivity index (χ1n) is 3.80. The third-order valence-corrected chi connectivity index (χ3v) is 4.23. The van der Waals surface area contributed by atoms with Crippen LogP contribution >= 0.6 is 23.1 Å². The zero-order valence-electron chi connectivity index (χ0n) is 6.19. The van der Waals surface area contributed by atoms with E-state index in [0.717, 1.165) is 5.25 Å². The minimum Gasteiger partial charge on any atom is -0.328 e. The fraction of sp³-hybridized carbons (Fsp3) is 0.500. The van der Waals surface area contributed by atoms with Crippen molar-refractivity contribution in [1.82, 2.24) is 0 Å². The molecule has 0 saturated heterocycles. The van der Waals surface area contributed by atoms with E-state index in [0.29, 0.717) is 6.04 Å². The molecule has 0 radical (unpaired) electrons. The Labute approximate surface area is 75.0 Å². The van der Waals surface area contributed by atoms with Crippen molar-refractivity contribution < 1.29 is 0 Å². The maximum absolute atomic E-state index is 5.69. The molecule has 0 aromatic carbocycles. The highest BCUT2D eigenvalue weighted by Crippen LogP contribution is 2.37. The molecule has 0 bridgehead atoms. The Kier molecular flexibility index (Phi) is 2.20. The number of nitrogens with two attached hydrogens (primary N) is 1. The molecule has 3 heteroatoms. The summed E-state index contributed by atoms with van der Waals surface area (Å²) in [4.78, 5) is 0. The standard InChI is InChI=1S/C8H11NS2/c9-6-4-7(5-6)11-8-2-1-3-10-8/h1-3,6-7H,4-5,9H2. The molecule has 1 aliphatic rings. The van der Waals surface area contributed by atoms with Gasteiger partial charge in [0.1, 0.15) is 0 Å². The fourth-order valence-corrected chi connectivity index (χ4v) is 3.62. The summed E-state index contributed by atoms with van der Waals surface area (Å²) in [6.45, 7) is 0. The zero-order valence-corrected chi connectivity index (χ0v) is 7.83. The molecular formula is C8H11NS2. The van der Waals surface area contributed by atoms with Gasteiger partial charge in [0, 0.05) is 11.3 Å². The van der Waals surface area contributed by atoms with Crippen LogP contribution in [0, 0.1) is 0 Å². The van der Waals surface area contributed by atoms with E-state index < -0.39 is 0 Å². The molecule has 0 spiro atoms. The lowest BCUT2D eigenvalue weighted by atomic mass is 9.94. The van der Waals surface area contributed by atoms with Crippen LogP contribution in [0.4, 0.5) is 0 Å². The Morgan fingerprint density at radius 1 is 1.55 bits per heavy atom. The highest BCUT2D eigenvalue weighted by Gasteiger charge is 2.26. The van der Waals surface area contributed by atoms with E-state index >= 15 is 0 Å². The second-order valence-corrected chi connectivity index (χ2v) is 5.45. The van der Waals surface area contributed by atoms with Gasteiger partial charge >= 0.3 is 0 Å². The van der Waals surface area contributed by atoms with E-state index in [1.807, 2.05) is 23.1 Å². The van der Waals surface area contributed by atoms with Gasteiger partial charge in [-0.25, -0.2) is 0 Å². The van der Waals surface area contributed by atoms with Crippen LogP contribution in [0.25, 0.3) is 0 Å². The molecule has 0 unspecified atom stereocenters. The minimum absolute atomic E-state index is 0.479. The summed E-state index contributed by atoms with van der Waals surface area (Å²) >= 11 is 3.80. The number of thioether (sulfide) groups is 1. The van der Waals surface area contributed by atoms with E-state index in [4.69, 9.17) is 5.73 Å². The van der Waals surface area contributed by atoms with Crippen molar-refractivity contribution in [3.05, 3.63) is 17.5 Å². The third-order valence-electron chi connectivity index (χ3n) is 1.91. The van der Waals surface area contributed by atoms with E-state index in [-0.39, 0.29) is 0 Å². The molecule has 1 saturated carbocycles. The second-order valence-electron chi connectivity index (χ2n) is 2.90. The molecule has 1 aromatic heterocycles. The van der Waals surface area contributed by atoms with Gasteiger partial charge < -0.3 is 5.73 Å². The van der Waals surface area contributed by atoms with E-state index in [1.165, 1.54) is 17.1 Å². The van der Waals surface area contributed by atoms with Crippen LogP contribution in [-0.2, 0) is 0 Å². The van der Waals surface area contributed by atoms with Crippen molar-refractivity contribution in [1.29, 1.82) is 0 Å². The lowest BCUT2D eigenvalue weighted by Gasteiger charge is -2.31. The van der Waals surface area contributed by atoms with Crippen molar-refractivity contribution in [3.63, 3.8) is 0 Å². The summed E-state index contributed by atoms with van der Waals surface area (Å²) < 4.78 is 1.43. The lowest BCUT2D eigenvalue weighted by Crippen LogP contribution is -2.37. The van der Waals surface area contributed by atoms with Gasteiger partial charge in [-0.1, -0.05) is 6.07 Å². The smallest absolute Gasteiger partial charge is 0.0601 e. The number of rotatable bonds is 2. The van der Waals surface area contributed by atoms with Crippen LogP contribution in [0.2, 0.25) is 0 Å². The monoisotopic (exact) mass is 185 g/mol. The first-order chi connectivity index (χ1) is 5.34. The van der Waals surface area contributed by atoms with Crippen molar-refractivity contribution >= 4 is 23.1 Å². The first kappa shape index (κ1) is 7.65. The van der Waals surface area contributed by atoms with Gasteiger partial charge in [0.2, 0.25) is 0 Å².